The fourth-order valence-corrected chi connectivity index (χ4v) is 2.92. The van der Waals surface area contributed by atoms with Gasteiger partial charge in [-0.3, -0.25) is 4.57 Å². The van der Waals surface area contributed by atoms with Gasteiger partial charge in [-0.15, -0.1) is 5.10 Å². The van der Waals surface area contributed by atoms with Gasteiger partial charge in [-0.25, -0.2) is 9.89 Å². The minimum absolute atomic E-state index is 0.0153. The molecule has 19 heavy (non-hydrogen) atoms. The molecule has 0 aliphatic heterocycles. The van der Waals surface area contributed by atoms with Gasteiger partial charge in [-0.2, -0.15) is 5.26 Å². The smallest absolute Gasteiger partial charge is 0.267 e. The van der Waals surface area contributed by atoms with Gasteiger partial charge in [-0.1, -0.05) is 11.6 Å². The van der Waals surface area contributed by atoms with E-state index in [9.17, 15) is 4.79 Å². The van der Waals surface area contributed by atoms with Crippen LogP contribution in [0.3, 0.4) is 0 Å². The van der Waals surface area contributed by atoms with Crippen molar-refractivity contribution in [1.82, 2.24) is 14.8 Å². The van der Waals surface area contributed by atoms with Gasteiger partial charge in [-0.05, 0) is 43.8 Å². The Labute approximate surface area is 119 Å². The molecule has 1 N–H and O–H groups in total. The predicted octanol–water partition coefficient (Wildman–Crippen LogP) is 2.83. The van der Waals surface area contributed by atoms with E-state index in [2.05, 4.69) is 16.3 Å². The highest BCUT2D eigenvalue weighted by Gasteiger charge is 2.14. The normalized spacial score (nSPS) is 10.7. The molecule has 0 saturated heterocycles. The van der Waals surface area contributed by atoms with Crippen molar-refractivity contribution in [2.45, 2.75) is 29.9 Å². The molecule has 98 valence electrons. The minimum atomic E-state index is -0.266. The summed E-state index contributed by atoms with van der Waals surface area (Å²) in [5.74, 6) is 0. The second-order valence-electron chi connectivity index (χ2n) is 4.13. The van der Waals surface area contributed by atoms with Crippen molar-refractivity contribution in [2.24, 2.45) is 0 Å². The van der Waals surface area contributed by atoms with E-state index in [0.717, 1.165) is 0 Å². The third kappa shape index (κ3) is 2.83. The maximum atomic E-state index is 11.6. The van der Waals surface area contributed by atoms with Gasteiger partial charge < -0.3 is 0 Å². The number of nitriles is 1. The van der Waals surface area contributed by atoms with Crippen LogP contribution in [0, 0.1) is 11.3 Å². The van der Waals surface area contributed by atoms with E-state index in [1.54, 1.807) is 18.2 Å². The topological polar surface area (TPSA) is 74.5 Å². The highest BCUT2D eigenvalue weighted by atomic mass is 35.5. The van der Waals surface area contributed by atoms with E-state index in [-0.39, 0.29) is 11.7 Å². The Morgan fingerprint density at radius 1 is 1.53 bits per heavy atom. The van der Waals surface area contributed by atoms with Crippen LogP contribution in [0.5, 0.6) is 0 Å². The first-order chi connectivity index (χ1) is 9.02. The zero-order chi connectivity index (χ0) is 14.0. The largest absolute Gasteiger partial charge is 0.344 e. The molecule has 0 spiro atoms. The standard InChI is InChI=1S/C12H11ClN4OS/c1-7(2)17-11(18)15-16-12(17)19-10-5-9(13)4-3-8(10)6-14/h3-5,7H,1-2H3,(H,15,18). The fraction of sp³-hybridized carbons (Fsp3) is 0.250. The molecule has 0 atom stereocenters. The summed E-state index contributed by atoms with van der Waals surface area (Å²) in [5.41, 5.74) is 0.234. The van der Waals surface area contributed by atoms with Gasteiger partial charge in [0.25, 0.3) is 0 Å². The first kappa shape index (κ1) is 13.7. The summed E-state index contributed by atoms with van der Waals surface area (Å²) in [6.07, 6.45) is 0. The lowest BCUT2D eigenvalue weighted by molar-refractivity contribution is 0.534. The van der Waals surface area contributed by atoms with Crippen LogP contribution in [0.15, 0.2) is 33.0 Å². The molecule has 7 heteroatoms. The SMILES string of the molecule is CC(C)n1c(Sc2cc(Cl)ccc2C#N)n[nH]c1=O. The highest BCUT2D eigenvalue weighted by Crippen LogP contribution is 2.31. The van der Waals surface area contributed by atoms with Crippen LogP contribution < -0.4 is 5.69 Å². The van der Waals surface area contributed by atoms with Crippen molar-refractivity contribution in [2.75, 3.05) is 0 Å². The number of halogens is 1. The van der Waals surface area contributed by atoms with Gasteiger partial charge in [0.2, 0.25) is 0 Å². The van der Waals surface area contributed by atoms with Crippen molar-refractivity contribution in [3.05, 3.63) is 39.3 Å². The van der Waals surface area contributed by atoms with E-state index in [4.69, 9.17) is 16.9 Å². The van der Waals surface area contributed by atoms with Crippen LogP contribution in [-0.4, -0.2) is 14.8 Å². The number of hydrogen-bond acceptors (Lipinski definition) is 4. The average molecular weight is 295 g/mol. The number of nitrogens with one attached hydrogen (secondary N) is 1. The summed E-state index contributed by atoms with van der Waals surface area (Å²) in [6.45, 7) is 3.79. The summed E-state index contributed by atoms with van der Waals surface area (Å²) < 4.78 is 1.53. The number of nitrogens with zero attached hydrogens (tertiary/aromatic N) is 3. The van der Waals surface area contributed by atoms with Gasteiger partial charge in [0.05, 0.1) is 5.56 Å². The molecule has 0 aliphatic carbocycles. The van der Waals surface area contributed by atoms with Crippen LogP contribution in [0.4, 0.5) is 0 Å². The molecule has 1 heterocycles. The minimum Gasteiger partial charge on any atom is -0.267 e. The van der Waals surface area contributed by atoms with Gasteiger partial charge >= 0.3 is 5.69 Å². The van der Waals surface area contributed by atoms with Crippen molar-refractivity contribution >= 4 is 23.4 Å². The summed E-state index contributed by atoms with van der Waals surface area (Å²) in [4.78, 5) is 12.3. The predicted molar refractivity (Wildman–Crippen MR) is 73.5 cm³/mol. The van der Waals surface area contributed by atoms with Crippen LogP contribution in [0.1, 0.15) is 25.5 Å². The zero-order valence-electron chi connectivity index (χ0n) is 10.3. The van der Waals surface area contributed by atoms with E-state index in [1.165, 1.54) is 16.3 Å². The van der Waals surface area contributed by atoms with Gasteiger partial charge in [0, 0.05) is 16.0 Å². The van der Waals surface area contributed by atoms with Crippen molar-refractivity contribution < 1.29 is 0 Å². The van der Waals surface area contributed by atoms with Crippen LogP contribution in [0.2, 0.25) is 5.02 Å². The van der Waals surface area contributed by atoms with E-state index < -0.39 is 0 Å². The van der Waals surface area contributed by atoms with Crippen LogP contribution in [0.25, 0.3) is 0 Å². The molecule has 0 saturated carbocycles. The maximum absolute atomic E-state index is 11.6. The number of rotatable bonds is 3. The number of H-pyrrole nitrogens is 1. The molecular weight excluding hydrogens is 284 g/mol. The lowest BCUT2D eigenvalue weighted by Gasteiger charge is -2.09. The zero-order valence-corrected chi connectivity index (χ0v) is 11.9. The first-order valence-corrected chi connectivity index (χ1v) is 6.76. The summed E-state index contributed by atoms with van der Waals surface area (Å²) in [6, 6.07) is 7.07. The molecule has 0 aliphatic rings. The molecular formula is C12H11ClN4OS. The number of aromatic nitrogens is 3. The lowest BCUT2D eigenvalue weighted by Crippen LogP contribution is -2.19. The molecule has 0 fully saturated rings. The number of benzene rings is 1. The molecule has 2 rings (SSSR count). The van der Waals surface area contributed by atoms with Crippen molar-refractivity contribution in [3.63, 3.8) is 0 Å². The monoisotopic (exact) mass is 294 g/mol. The fourth-order valence-electron chi connectivity index (χ4n) is 1.59. The summed E-state index contributed by atoms with van der Waals surface area (Å²) in [5, 5.41) is 16.5. The second kappa shape index (κ2) is 5.51. The third-order valence-corrected chi connectivity index (χ3v) is 3.72. The Balaban J connectivity index is 2.45. The first-order valence-electron chi connectivity index (χ1n) is 5.57. The molecule has 0 unspecified atom stereocenters. The summed E-state index contributed by atoms with van der Waals surface area (Å²) in [7, 11) is 0. The molecule has 1 aromatic carbocycles. The highest BCUT2D eigenvalue weighted by molar-refractivity contribution is 7.99. The Bertz CT molecular complexity index is 698. The van der Waals surface area contributed by atoms with E-state index >= 15 is 0 Å². The maximum Gasteiger partial charge on any atom is 0.344 e. The van der Waals surface area contributed by atoms with Gasteiger partial charge in [0.15, 0.2) is 5.16 Å². The number of hydrogen-bond donors (Lipinski definition) is 1. The third-order valence-electron chi connectivity index (χ3n) is 2.45. The molecule has 0 bridgehead atoms. The molecule has 1 aromatic heterocycles. The Morgan fingerprint density at radius 3 is 2.89 bits per heavy atom. The molecule has 2 aromatic rings. The molecule has 0 amide bonds. The second-order valence-corrected chi connectivity index (χ2v) is 5.57. The van der Waals surface area contributed by atoms with Crippen molar-refractivity contribution in [3.8, 4) is 6.07 Å². The van der Waals surface area contributed by atoms with Crippen LogP contribution in [-0.2, 0) is 0 Å². The van der Waals surface area contributed by atoms with Gasteiger partial charge in [0.1, 0.15) is 6.07 Å². The van der Waals surface area contributed by atoms with E-state index in [0.29, 0.717) is 20.6 Å². The molecule has 5 nitrogen and oxygen atoms in total. The van der Waals surface area contributed by atoms with Crippen LogP contribution >= 0.6 is 23.4 Å². The Morgan fingerprint density at radius 2 is 2.26 bits per heavy atom. The summed E-state index contributed by atoms with van der Waals surface area (Å²) >= 11 is 7.17. The Hall–Kier alpha value is -1.71. The average Bonchev–Trinajstić information content (AvgIpc) is 2.71. The lowest BCUT2D eigenvalue weighted by atomic mass is 10.2. The quantitative estimate of drug-likeness (QED) is 0.944. The Kier molecular flexibility index (Phi) is 3.98. The number of aromatic amines is 1. The molecule has 0 radical (unpaired) electrons. The van der Waals surface area contributed by atoms with Crippen molar-refractivity contribution in [1.29, 1.82) is 5.26 Å². The van der Waals surface area contributed by atoms with E-state index in [1.807, 2.05) is 13.8 Å².